The second-order valence-electron chi connectivity index (χ2n) is 4.78. The first-order valence-electron chi connectivity index (χ1n) is 6.68. The Bertz CT molecular complexity index is 353. The van der Waals surface area contributed by atoms with Crippen molar-refractivity contribution in [2.75, 3.05) is 18.9 Å². The van der Waals surface area contributed by atoms with Gasteiger partial charge in [0.15, 0.2) is 9.84 Å². The van der Waals surface area contributed by atoms with Crippen LogP contribution in [0.25, 0.3) is 0 Å². The van der Waals surface area contributed by atoms with Crippen molar-refractivity contribution in [3.63, 3.8) is 0 Å². The molecule has 1 fully saturated rings. The number of carbonyl (C=O) groups is 1. The third-order valence-corrected chi connectivity index (χ3v) is 5.43. The van der Waals surface area contributed by atoms with Crippen molar-refractivity contribution >= 4 is 15.7 Å². The molecule has 1 saturated heterocycles. The maximum absolute atomic E-state index is 11.8. The first kappa shape index (κ1) is 15.4. The van der Waals surface area contributed by atoms with Gasteiger partial charge in [0.05, 0.1) is 5.75 Å². The highest BCUT2D eigenvalue weighted by molar-refractivity contribution is 7.92. The molecule has 6 heteroatoms. The van der Waals surface area contributed by atoms with Crippen molar-refractivity contribution in [2.45, 2.75) is 50.2 Å². The van der Waals surface area contributed by atoms with Gasteiger partial charge >= 0.3 is 0 Å². The molecule has 0 spiro atoms. The van der Waals surface area contributed by atoms with Crippen LogP contribution >= 0.6 is 0 Å². The van der Waals surface area contributed by atoms with E-state index in [2.05, 4.69) is 5.32 Å². The summed E-state index contributed by atoms with van der Waals surface area (Å²) in [5, 5.41) is 10.5. The number of unbranched alkanes of at least 4 members (excludes halogenated alkanes) is 3. The van der Waals surface area contributed by atoms with Crippen LogP contribution < -0.4 is 5.32 Å². The number of aliphatic hydroxyl groups is 1. The number of carbonyl (C=O) groups excluding carboxylic acids is 1. The molecule has 0 aromatic carbocycles. The summed E-state index contributed by atoms with van der Waals surface area (Å²) in [5.74, 6) is -0.196. The summed E-state index contributed by atoms with van der Waals surface area (Å²) in [6.07, 6.45) is 5.44. The molecule has 0 aromatic heterocycles. The monoisotopic (exact) mass is 277 g/mol. The fourth-order valence-corrected chi connectivity index (χ4v) is 3.99. The van der Waals surface area contributed by atoms with Crippen molar-refractivity contribution in [1.82, 2.24) is 5.32 Å². The lowest BCUT2D eigenvalue weighted by molar-refractivity contribution is -0.120. The third-order valence-electron chi connectivity index (χ3n) is 3.26. The normalized spacial score (nSPS) is 22.6. The van der Waals surface area contributed by atoms with Gasteiger partial charge in [0.1, 0.15) is 5.25 Å². The van der Waals surface area contributed by atoms with Crippen LogP contribution in [-0.2, 0) is 14.6 Å². The van der Waals surface area contributed by atoms with Gasteiger partial charge in [-0.05, 0) is 25.7 Å². The Morgan fingerprint density at radius 1 is 1.17 bits per heavy atom. The summed E-state index contributed by atoms with van der Waals surface area (Å²) in [6.45, 7) is 0.725. The highest BCUT2D eigenvalue weighted by Crippen LogP contribution is 2.19. The van der Waals surface area contributed by atoms with Crippen LogP contribution in [0, 0.1) is 0 Å². The molecule has 1 aliphatic heterocycles. The van der Waals surface area contributed by atoms with Crippen LogP contribution in [0.3, 0.4) is 0 Å². The predicted molar refractivity (Wildman–Crippen MR) is 70.0 cm³/mol. The van der Waals surface area contributed by atoms with E-state index in [-0.39, 0.29) is 18.3 Å². The molecule has 1 amide bonds. The van der Waals surface area contributed by atoms with Gasteiger partial charge in [0, 0.05) is 13.2 Å². The number of hydrogen-bond acceptors (Lipinski definition) is 4. The van der Waals surface area contributed by atoms with E-state index in [1.807, 2.05) is 0 Å². The van der Waals surface area contributed by atoms with Crippen LogP contribution in [0.2, 0.25) is 0 Å². The van der Waals surface area contributed by atoms with Gasteiger partial charge in [0.25, 0.3) is 0 Å². The molecule has 0 saturated carbocycles. The van der Waals surface area contributed by atoms with E-state index < -0.39 is 15.1 Å². The molecule has 5 nitrogen and oxygen atoms in total. The average molecular weight is 277 g/mol. The highest BCUT2D eigenvalue weighted by Gasteiger charge is 2.34. The number of nitrogens with one attached hydrogen (secondary N) is 1. The van der Waals surface area contributed by atoms with E-state index in [1.54, 1.807) is 0 Å². The molecule has 2 N–H and O–H groups in total. The lowest BCUT2D eigenvalue weighted by atomic mass is 10.1. The fourth-order valence-electron chi connectivity index (χ4n) is 2.16. The molecule has 0 radical (unpaired) electrons. The zero-order chi connectivity index (χ0) is 13.4. The maximum Gasteiger partial charge on any atom is 0.238 e. The van der Waals surface area contributed by atoms with E-state index in [0.29, 0.717) is 19.4 Å². The standard InChI is InChI=1S/C12H23NO4S/c14-9-5-2-1-4-8-13-12(15)11-7-3-6-10-18(11,16)17/h11,14H,1-10H2,(H,13,15). The summed E-state index contributed by atoms with van der Waals surface area (Å²) in [6, 6.07) is 0. The van der Waals surface area contributed by atoms with E-state index in [4.69, 9.17) is 5.11 Å². The molecular weight excluding hydrogens is 254 g/mol. The van der Waals surface area contributed by atoms with Crippen molar-refractivity contribution < 1.29 is 18.3 Å². The van der Waals surface area contributed by atoms with Crippen LogP contribution in [0.5, 0.6) is 0 Å². The van der Waals surface area contributed by atoms with Crippen molar-refractivity contribution in [3.05, 3.63) is 0 Å². The van der Waals surface area contributed by atoms with Crippen molar-refractivity contribution in [3.8, 4) is 0 Å². The number of amides is 1. The van der Waals surface area contributed by atoms with Gasteiger partial charge in [-0.2, -0.15) is 0 Å². The lowest BCUT2D eigenvalue weighted by Crippen LogP contribution is -2.43. The molecule has 1 aliphatic rings. The Balaban J connectivity index is 2.24. The quantitative estimate of drug-likeness (QED) is 0.668. The first-order chi connectivity index (χ1) is 8.58. The van der Waals surface area contributed by atoms with E-state index >= 15 is 0 Å². The Morgan fingerprint density at radius 3 is 2.56 bits per heavy atom. The molecule has 0 aliphatic carbocycles. The van der Waals surface area contributed by atoms with Gasteiger partial charge in [-0.3, -0.25) is 4.79 Å². The molecular formula is C12H23NO4S. The second kappa shape index (κ2) is 7.74. The molecule has 1 heterocycles. The maximum atomic E-state index is 11.8. The van der Waals surface area contributed by atoms with Gasteiger partial charge in [-0.25, -0.2) is 8.42 Å². The smallest absolute Gasteiger partial charge is 0.238 e. The number of rotatable bonds is 7. The minimum atomic E-state index is -3.22. The summed E-state index contributed by atoms with van der Waals surface area (Å²) >= 11 is 0. The van der Waals surface area contributed by atoms with Gasteiger partial charge in [-0.1, -0.05) is 19.3 Å². The fraction of sp³-hybridized carbons (Fsp3) is 0.917. The van der Waals surface area contributed by atoms with Crippen molar-refractivity contribution in [2.24, 2.45) is 0 Å². The van der Waals surface area contributed by atoms with Crippen LogP contribution in [-0.4, -0.2) is 43.6 Å². The van der Waals surface area contributed by atoms with Crippen LogP contribution in [0.15, 0.2) is 0 Å². The predicted octanol–water partition coefficient (Wildman–Crippen LogP) is 0.623. The number of sulfone groups is 1. The average Bonchev–Trinajstić information content (AvgIpc) is 2.32. The SMILES string of the molecule is O=C(NCCCCCCO)C1CCCCS1(=O)=O. The summed E-state index contributed by atoms with van der Waals surface area (Å²) in [4.78, 5) is 11.8. The number of aliphatic hydroxyl groups excluding tert-OH is 1. The van der Waals surface area contributed by atoms with Gasteiger partial charge in [-0.15, -0.1) is 0 Å². The Kier molecular flexibility index (Phi) is 6.63. The third kappa shape index (κ3) is 4.94. The van der Waals surface area contributed by atoms with Gasteiger partial charge in [0.2, 0.25) is 5.91 Å². The molecule has 0 bridgehead atoms. The molecule has 18 heavy (non-hydrogen) atoms. The van der Waals surface area contributed by atoms with Crippen molar-refractivity contribution in [1.29, 1.82) is 0 Å². The molecule has 1 rings (SSSR count). The van der Waals surface area contributed by atoms with E-state index in [1.165, 1.54) is 0 Å². The van der Waals surface area contributed by atoms with E-state index in [0.717, 1.165) is 32.1 Å². The Labute approximate surface area is 109 Å². The Morgan fingerprint density at radius 2 is 1.89 bits per heavy atom. The molecule has 106 valence electrons. The summed E-state index contributed by atoms with van der Waals surface area (Å²) in [7, 11) is -3.22. The minimum absolute atomic E-state index is 0.140. The Hall–Kier alpha value is -0.620. The lowest BCUT2D eigenvalue weighted by Gasteiger charge is -2.21. The molecule has 1 atom stereocenters. The highest BCUT2D eigenvalue weighted by atomic mass is 32.2. The second-order valence-corrected chi connectivity index (χ2v) is 7.08. The summed E-state index contributed by atoms with van der Waals surface area (Å²) < 4.78 is 23.4. The summed E-state index contributed by atoms with van der Waals surface area (Å²) in [5.41, 5.74) is 0. The number of hydrogen-bond donors (Lipinski definition) is 2. The van der Waals surface area contributed by atoms with Crippen LogP contribution in [0.1, 0.15) is 44.9 Å². The topological polar surface area (TPSA) is 83.5 Å². The largest absolute Gasteiger partial charge is 0.396 e. The zero-order valence-corrected chi connectivity index (χ0v) is 11.5. The van der Waals surface area contributed by atoms with Gasteiger partial charge < -0.3 is 10.4 Å². The molecule has 1 unspecified atom stereocenters. The zero-order valence-electron chi connectivity index (χ0n) is 10.7. The van der Waals surface area contributed by atoms with E-state index in [9.17, 15) is 13.2 Å². The molecule has 0 aromatic rings. The first-order valence-corrected chi connectivity index (χ1v) is 8.39. The van der Waals surface area contributed by atoms with Crippen LogP contribution in [0.4, 0.5) is 0 Å². The minimum Gasteiger partial charge on any atom is -0.396 e.